The smallest absolute Gasteiger partial charge is 0.226 e. The molecule has 0 aromatic heterocycles. The van der Waals surface area contributed by atoms with Crippen molar-refractivity contribution in [1.29, 1.82) is 0 Å². The van der Waals surface area contributed by atoms with E-state index in [2.05, 4.69) is 23.6 Å². The molecule has 2 N–H and O–H groups in total. The summed E-state index contributed by atoms with van der Waals surface area (Å²) in [7, 11) is 0. The van der Waals surface area contributed by atoms with Gasteiger partial charge in [-0.15, -0.1) is 24.8 Å². The van der Waals surface area contributed by atoms with Crippen LogP contribution < -0.4 is 5.73 Å². The fraction of sp³-hybridized carbons (Fsp3) is 0.941. The first-order valence-corrected chi connectivity index (χ1v) is 8.96. The zero-order chi connectivity index (χ0) is 15.7. The number of nitrogens with two attached hydrogens (primary N) is 1. The highest BCUT2D eigenvalue weighted by atomic mass is 35.5. The fourth-order valence-electron chi connectivity index (χ4n) is 4.52. The van der Waals surface area contributed by atoms with Crippen LogP contribution in [0.4, 0.5) is 0 Å². The van der Waals surface area contributed by atoms with Crippen LogP contribution in [-0.4, -0.2) is 66.2 Å². The van der Waals surface area contributed by atoms with E-state index in [9.17, 15) is 4.79 Å². The number of carbonyl (C=O) groups excluding carboxylic acids is 1. The maximum Gasteiger partial charge on any atom is 0.226 e. The Morgan fingerprint density at radius 1 is 1.12 bits per heavy atom. The zero-order valence-corrected chi connectivity index (χ0v) is 16.5. The van der Waals surface area contributed by atoms with Gasteiger partial charge in [-0.05, 0) is 46.0 Å². The van der Waals surface area contributed by atoms with Crippen LogP contribution in [-0.2, 0) is 9.53 Å². The number of carbonyl (C=O) groups is 1. The van der Waals surface area contributed by atoms with Gasteiger partial charge in [0.1, 0.15) is 0 Å². The van der Waals surface area contributed by atoms with Crippen molar-refractivity contribution in [3.63, 3.8) is 0 Å². The monoisotopic (exact) mass is 381 g/mol. The number of halogens is 2. The molecule has 0 radical (unpaired) electrons. The van der Waals surface area contributed by atoms with Crippen molar-refractivity contribution >= 4 is 30.7 Å². The molecular formula is C17H33Cl2N3O2. The summed E-state index contributed by atoms with van der Waals surface area (Å²) in [6, 6.07) is 0.623. The van der Waals surface area contributed by atoms with Crippen molar-refractivity contribution in [3.8, 4) is 0 Å². The normalized spacial score (nSPS) is 37.0. The van der Waals surface area contributed by atoms with Gasteiger partial charge in [0.2, 0.25) is 5.91 Å². The van der Waals surface area contributed by atoms with Crippen molar-refractivity contribution in [2.75, 3.05) is 26.2 Å². The van der Waals surface area contributed by atoms with Crippen molar-refractivity contribution in [3.05, 3.63) is 0 Å². The van der Waals surface area contributed by atoms with Gasteiger partial charge in [-0.2, -0.15) is 0 Å². The minimum atomic E-state index is 0. The fourth-order valence-corrected chi connectivity index (χ4v) is 4.52. The number of hydrogen-bond donors (Lipinski definition) is 1. The molecule has 1 aliphatic carbocycles. The van der Waals surface area contributed by atoms with Crippen molar-refractivity contribution in [1.82, 2.24) is 9.80 Å². The molecule has 3 rings (SSSR count). The molecule has 24 heavy (non-hydrogen) atoms. The molecule has 2 heterocycles. The molecule has 0 aromatic rings. The Balaban J connectivity index is 0.00000144. The summed E-state index contributed by atoms with van der Waals surface area (Å²) in [6.07, 6.45) is 5.75. The predicted molar refractivity (Wildman–Crippen MR) is 101 cm³/mol. The standard InChI is InChI=1S/C17H31N3O2.2ClH/c1-12-9-19(10-13(2)22-12)11-16-4-3-7-20(16)17(21)14-5-6-15(18)8-14;;/h12-16H,3-11,18H2,1-2H3;2*1H. The van der Waals surface area contributed by atoms with Gasteiger partial charge >= 0.3 is 0 Å². The van der Waals surface area contributed by atoms with Crippen LogP contribution in [0.25, 0.3) is 0 Å². The maximum atomic E-state index is 12.8. The molecule has 1 amide bonds. The molecule has 2 saturated heterocycles. The molecule has 0 aromatic carbocycles. The Morgan fingerprint density at radius 3 is 2.38 bits per heavy atom. The summed E-state index contributed by atoms with van der Waals surface area (Å²) in [4.78, 5) is 17.4. The first-order chi connectivity index (χ1) is 10.5. The minimum absolute atomic E-state index is 0. The topological polar surface area (TPSA) is 58.8 Å². The van der Waals surface area contributed by atoms with Crippen LogP contribution in [0.3, 0.4) is 0 Å². The Bertz CT molecular complexity index is 403. The summed E-state index contributed by atoms with van der Waals surface area (Å²) in [5.74, 6) is 0.544. The van der Waals surface area contributed by atoms with E-state index in [1.165, 1.54) is 0 Å². The second-order valence-corrected chi connectivity index (χ2v) is 7.57. The molecule has 142 valence electrons. The molecule has 3 aliphatic rings. The van der Waals surface area contributed by atoms with Gasteiger partial charge in [-0.1, -0.05) is 0 Å². The summed E-state index contributed by atoms with van der Waals surface area (Å²) in [5.41, 5.74) is 5.98. The van der Waals surface area contributed by atoms with Gasteiger partial charge in [0.05, 0.1) is 12.2 Å². The average molecular weight is 382 g/mol. The largest absolute Gasteiger partial charge is 0.373 e. The lowest BCUT2D eigenvalue weighted by Gasteiger charge is -2.38. The second-order valence-electron chi connectivity index (χ2n) is 7.57. The highest BCUT2D eigenvalue weighted by Gasteiger charge is 2.37. The lowest BCUT2D eigenvalue weighted by atomic mass is 10.1. The van der Waals surface area contributed by atoms with Gasteiger partial charge in [0.25, 0.3) is 0 Å². The van der Waals surface area contributed by atoms with Gasteiger partial charge in [0.15, 0.2) is 0 Å². The summed E-state index contributed by atoms with van der Waals surface area (Å²) in [5, 5.41) is 0. The minimum Gasteiger partial charge on any atom is -0.373 e. The van der Waals surface area contributed by atoms with Gasteiger partial charge in [0, 0.05) is 44.2 Å². The predicted octanol–water partition coefficient (Wildman–Crippen LogP) is 2.06. The molecule has 3 fully saturated rings. The Morgan fingerprint density at radius 2 is 1.79 bits per heavy atom. The maximum absolute atomic E-state index is 12.8. The number of morpholine rings is 1. The molecule has 0 bridgehead atoms. The number of likely N-dealkylation sites (tertiary alicyclic amines) is 1. The third-order valence-electron chi connectivity index (χ3n) is 5.45. The molecule has 0 spiro atoms. The zero-order valence-electron chi connectivity index (χ0n) is 14.9. The molecule has 1 saturated carbocycles. The number of hydrogen-bond acceptors (Lipinski definition) is 4. The second kappa shape index (κ2) is 9.58. The van der Waals surface area contributed by atoms with Crippen molar-refractivity contribution in [2.24, 2.45) is 11.7 Å². The summed E-state index contributed by atoms with van der Waals surface area (Å²) in [6.45, 7) is 8.18. The molecular weight excluding hydrogens is 349 g/mol. The van der Waals surface area contributed by atoms with E-state index in [1.807, 2.05) is 0 Å². The molecule has 7 heteroatoms. The SMILES string of the molecule is CC1CN(CC2CCCN2C(=O)C2CCC(N)C2)CC(C)O1.Cl.Cl. The number of amides is 1. The quantitative estimate of drug-likeness (QED) is 0.812. The van der Waals surface area contributed by atoms with Crippen molar-refractivity contribution < 1.29 is 9.53 Å². The highest BCUT2D eigenvalue weighted by Crippen LogP contribution is 2.29. The third-order valence-corrected chi connectivity index (χ3v) is 5.45. The van der Waals surface area contributed by atoms with Crippen LogP contribution in [0, 0.1) is 5.92 Å². The molecule has 2 aliphatic heterocycles. The number of nitrogens with zero attached hydrogens (tertiary/aromatic N) is 2. The van der Waals surface area contributed by atoms with E-state index in [4.69, 9.17) is 10.5 Å². The van der Waals surface area contributed by atoms with Crippen molar-refractivity contribution in [2.45, 2.75) is 70.2 Å². The number of ether oxygens (including phenoxy) is 1. The van der Waals surface area contributed by atoms with E-state index in [0.717, 1.165) is 58.3 Å². The van der Waals surface area contributed by atoms with Gasteiger partial charge in [-0.25, -0.2) is 0 Å². The van der Waals surface area contributed by atoms with E-state index in [0.29, 0.717) is 24.2 Å². The Hall–Kier alpha value is -0.0700. The average Bonchev–Trinajstić information content (AvgIpc) is 3.06. The Labute approximate surface area is 158 Å². The Kier molecular flexibility index (Phi) is 8.77. The summed E-state index contributed by atoms with van der Waals surface area (Å²) >= 11 is 0. The molecule has 5 unspecified atom stereocenters. The van der Waals surface area contributed by atoms with Crippen LogP contribution in [0.5, 0.6) is 0 Å². The number of rotatable bonds is 3. The van der Waals surface area contributed by atoms with Gasteiger partial charge < -0.3 is 15.4 Å². The van der Waals surface area contributed by atoms with Crippen LogP contribution in [0.15, 0.2) is 0 Å². The lowest BCUT2D eigenvalue weighted by molar-refractivity contribution is -0.137. The molecule has 5 nitrogen and oxygen atoms in total. The third kappa shape index (κ3) is 5.21. The lowest BCUT2D eigenvalue weighted by Crippen LogP contribution is -2.51. The summed E-state index contributed by atoms with van der Waals surface area (Å²) < 4.78 is 5.81. The van der Waals surface area contributed by atoms with E-state index in [-0.39, 0.29) is 36.8 Å². The van der Waals surface area contributed by atoms with E-state index in [1.54, 1.807) is 0 Å². The molecule has 5 atom stereocenters. The van der Waals surface area contributed by atoms with Crippen LogP contribution in [0.1, 0.15) is 46.0 Å². The first kappa shape index (κ1) is 22.0. The van der Waals surface area contributed by atoms with Crippen LogP contribution in [0.2, 0.25) is 0 Å². The van der Waals surface area contributed by atoms with Crippen LogP contribution >= 0.6 is 24.8 Å². The first-order valence-electron chi connectivity index (χ1n) is 8.96. The van der Waals surface area contributed by atoms with E-state index < -0.39 is 0 Å². The van der Waals surface area contributed by atoms with E-state index >= 15 is 0 Å². The highest BCUT2D eigenvalue weighted by molar-refractivity contribution is 5.85. The van der Waals surface area contributed by atoms with Gasteiger partial charge in [-0.3, -0.25) is 9.69 Å².